The third-order valence-electron chi connectivity index (χ3n) is 7.61. The molecule has 0 bridgehead atoms. The summed E-state index contributed by atoms with van der Waals surface area (Å²) in [5, 5.41) is 13.1. The first-order valence-corrected chi connectivity index (χ1v) is 15.2. The Hall–Kier alpha value is -7.07. The van der Waals surface area contributed by atoms with Gasteiger partial charge in [-0.3, -0.25) is 50.0 Å². The van der Waals surface area contributed by atoms with Crippen molar-refractivity contribution in [3.8, 4) is 22.3 Å². The Morgan fingerprint density at radius 3 is 1.56 bits per heavy atom. The molecule has 1 radical (unpaired) electrons. The average Bonchev–Trinajstić information content (AvgIpc) is 3.23. The minimum Gasteiger partial charge on any atom is -0.545 e. The zero-order valence-electron chi connectivity index (χ0n) is 28.3. The molecule has 0 fully saturated rings. The Labute approximate surface area is 324 Å². The van der Waals surface area contributed by atoms with E-state index in [4.69, 9.17) is 20.1 Å². The Kier molecular flexibility index (Phi) is 17.0. The summed E-state index contributed by atoms with van der Waals surface area (Å²) in [5.74, 6) is -1.61. The molecule has 0 saturated heterocycles. The number of nitrogens with two attached hydrogens (primary N) is 1. The number of rotatable bonds is 6. The molecule has 12 nitrogen and oxygen atoms in total. The number of nitro groups is 1. The van der Waals surface area contributed by atoms with E-state index in [0.29, 0.717) is 0 Å². The third kappa shape index (κ3) is 10.0. The molecule has 54 heavy (non-hydrogen) atoms. The third-order valence-corrected chi connectivity index (χ3v) is 7.61. The second-order valence-corrected chi connectivity index (χ2v) is 10.6. The number of nitrogens with zero attached hydrogens (tertiary/aromatic N) is 4. The fraction of sp³-hybridized carbons (Fsp3) is 0. The largest absolute Gasteiger partial charge is 0.545 e. The van der Waals surface area contributed by atoms with E-state index in [1.807, 2.05) is 24.5 Å². The van der Waals surface area contributed by atoms with Gasteiger partial charge >= 0.3 is 0 Å². The van der Waals surface area contributed by atoms with E-state index < -0.39 is 22.2 Å². The van der Waals surface area contributed by atoms with Gasteiger partial charge in [0.15, 0.2) is 0 Å². The zero-order chi connectivity index (χ0) is 38.9. The van der Waals surface area contributed by atoms with Crippen LogP contribution in [-0.4, -0.2) is 46.8 Å². The average molecular weight is 891 g/mol. The van der Waals surface area contributed by atoms with Crippen LogP contribution in [0.15, 0.2) is 140 Å². The Bertz CT molecular complexity index is 2260. The first-order chi connectivity index (χ1) is 25.8. The molecule has 0 unspecified atom stereocenters. The fourth-order valence-corrected chi connectivity index (χ4v) is 5.33. The number of Topliss-reactive ketones (excluding diaryl/α,β-unsaturated/α-hetero) is 2. The first kappa shape index (κ1) is 43.1. The van der Waals surface area contributed by atoms with Crippen LogP contribution >= 0.6 is 0 Å². The molecule has 0 aliphatic rings. The summed E-state index contributed by atoms with van der Waals surface area (Å²) in [6.07, 6.45) is 6.75. The Morgan fingerprint density at radius 2 is 1.11 bits per heavy atom. The number of aromatic nitrogens is 3. The van der Waals surface area contributed by atoms with Crippen LogP contribution in [0.25, 0.3) is 44.1 Å². The number of ketones is 2. The van der Waals surface area contributed by atoms with Crippen molar-refractivity contribution in [2.75, 3.05) is 5.73 Å². The predicted octanol–water partition coefficient (Wildman–Crippen LogP) is 6.46. The summed E-state index contributed by atoms with van der Waals surface area (Å²) in [5.41, 5.74) is 11.7. The van der Waals surface area contributed by atoms with Gasteiger partial charge in [-0.1, -0.05) is 84.9 Å². The fourth-order valence-electron chi connectivity index (χ4n) is 5.33. The Balaban J connectivity index is 0.000000329. The number of fused-ring (bicyclic) bond motifs is 3. The molecule has 7 rings (SSSR count). The van der Waals surface area contributed by atoms with Crippen molar-refractivity contribution in [1.82, 2.24) is 9.97 Å². The number of benzene rings is 4. The standard InChI is InChI=1S/C24H16N2.C14H11N3O4.3CHO.Re/c1-3-7-17(8-4-1)19-13-15-25-23-21(19)11-12-22-20(14-16-26-24(22)23)18-9-5-2-6-10-18;1-16-6-2-3-10(8-16)14(19)13(18)9-4-5-11(15)12(7-9)17(20)21;3*1-2;/h1-16H;2-8H,1,15H2;3*1H;/q;;3*-1;. The van der Waals surface area contributed by atoms with Crippen molar-refractivity contribution < 1.29 is 53.9 Å². The van der Waals surface area contributed by atoms with Crippen LogP contribution < -0.4 is 10.3 Å². The van der Waals surface area contributed by atoms with Gasteiger partial charge < -0.3 is 24.7 Å². The molecule has 0 saturated carbocycles. The summed E-state index contributed by atoms with van der Waals surface area (Å²) < 4.78 is 1.38. The van der Waals surface area contributed by atoms with E-state index in [1.54, 1.807) is 12.3 Å². The quantitative estimate of drug-likeness (QED) is 0.0224. The van der Waals surface area contributed by atoms with Crippen LogP contribution in [0, 0.1) is 17.2 Å². The smallest absolute Gasteiger partial charge is 0.292 e. The van der Waals surface area contributed by atoms with Crippen LogP contribution in [0.3, 0.4) is 0 Å². The molecule has 13 heteroatoms. The minimum absolute atomic E-state index is 0. The molecule has 0 atom stereocenters. The maximum absolute atomic E-state index is 12.1. The van der Waals surface area contributed by atoms with Crippen molar-refractivity contribution in [2.24, 2.45) is 0 Å². The van der Waals surface area contributed by atoms with Crippen LogP contribution in [0.2, 0.25) is 0 Å². The van der Waals surface area contributed by atoms with E-state index in [2.05, 4.69) is 110 Å². The summed E-state index contributed by atoms with van der Waals surface area (Å²) in [4.78, 5) is 66.9. The predicted molar refractivity (Wildman–Crippen MR) is 202 cm³/mol. The van der Waals surface area contributed by atoms with Crippen LogP contribution in [0.1, 0.15) is 20.7 Å². The molecule has 271 valence electrons. The summed E-state index contributed by atoms with van der Waals surface area (Å²) in [6, 6.07) is 35.9. The number of nitro benzene ring substituents is 1. The molecular weight excluding hydrogens is 861 g/mol. The molecule has 0 amide bonds. The second kappa shape index (κ2) is 21.3. The van der Waals surface area contributed by atoms with Crippen molar-refractivity contribution in [1.29, 1.82) is 0 Å². The number of hydrogen-bond donors (Lipinski definition) is 1. The number of hydrogen-bond acceptors (Lipinski definition) is 10. The molecule has 0 aliphatic heterocycles. The number of nitrogen functional groups attached to an aromatic ring is 1. The van der Waals surface area contributed by atoms with Gasteiger partial charge in [-0.05, 0) is 46.5 Å². The molecule has 2 N–H and O–H groups in total. The molecule has 4 aromatic carbocycles. The van der Waals surface area contributed by atoms with Gasteiger partial charge in [0, 0.05) is 67.8 Å². The van der Waals surface area contributed by atoms with Gasteiger partial charge in [0.1, 0.15) is 5.69 Å². The number of anilines is 1. The Morgan fingerprint density at radius 1 is 0.648 bits per heavy atom. The van der Waals surface area contributed by atoms with Gasteiger partial charge in [-0.15, -0.1) is 0 Å². The SMILES string of the molecule is [CH-]=O.[CH-]=O.[CH-]=O.[CH2-][n+]1cccc(C(=O)C(=O)c2ccc(N)c([N+](=O)[O-])c2)c1.[Re].c1ccc(-c2ccnc3c2ccc2c(-c4ccccc4)ccnc23)cc1. The van der Waals surface area contributed by atoms with Crippen molar-refractivity contribution in [3.63, 3.8) is 0 Å². The zero-order valence-corrected chi connectivity index (χ0v) is 31.0. The first-order valence-electron chi connectivity index (χ1n) is 15.2. The number of carbonyl (C=O) groups is 2. The van der Waals surface area contributed by atoms with Gasteiger partial charge in [-0.2, -0.15) is 0 Å². The maximum atomic E-state index is 12.1. The van der Waals surface area contributed by atoms with Crippen LogP contribution in [0.4, 0.5) is 11.4 Å². The molecular formula is C41H30N5O7Re-3. The topological polar surface area (TPSA) is 184 Å². The van der Waals surface area contributed by atoms with Gasteiger partial charge in [0.2, 0.25) is 11.6 Å². The normalized spacial score (nSPS) is 9.48. The van der Waals surface area contributed by atoms with Crippen molar-refractivity contribution in [3.05, 3.63) is 168 Å². The van der Waals surface area contributed by atoms with E-state index >= 15 is 0 Å². The molecule has 3 heterocycles. The molecule has 0 spiro atoms. The summed E-state index contributed by atoms with van der Waals surface area (Å²) in [7, 11) is 3.59. The van der Waals surface area contributed by atoms with Crippen LogP contribution in [-0.2, 0) is 34.8 Å². The van der Waals surface area contributed by atoms with Crippen LogP contribution in [0.5, 0.6) is 0 Å². The maximum Gasteiger partial charge on any atom is 0.292 e. The number of pyridine rings is 3. The summed E-state index contributed by atoms with van der Waals surface area (Å²) >= 11 is 0. The molecule has 7 aromatic rings. The van der Waals surface area contributed by atoms with E-state index in [-0.39, 0.29) is 37.2 Å². The van der Waals surface area contributed by atoms with E-state index in [0.717, 1.165) is 27.9 Å². The van der Waals surface area contributed by atoms with Gasteiger partial charge in [0.25, 0.3) is 5.69 Å². The molecule has 3 aromatic heterocycles. The van der Waals surface area contributed by atoms with E-state index in [1.165, 1.54) is 51.2 Å². The number of carbonyl (C=O) groups excluding carboxylic acids is 5. The van der Waals surface area contributed by atoms with Crippen molar-refractivity contribution in [2.45, 2.75) is 0 Å². The van der Waals surface area contributed by atoms with Gasteiger partial charge in [0.05, 0.1) is 28.4 Å². The van der Waals surface area contributed by atoms with E-state index in [9.17, 15) is 19.7 Å². The monoisotopic (exact) mass is 891 g/mol. The van der Waals surface area contributed by atoms with Crippen molar-refractivity contribution >= 4 is 65.1 Å². The minimum atomic E-state index is -0.843. The van der Waals surface area contributed by atoms with Gasteiger partial charge in [-0.25, -0.2) is 0 Å². The molecule has 0 aliphatic carbocycles. The second-order valence-electron chi connectivity index (χ2n) is 10.6. The summed E-state index contributed by atoms with van der Waals surface area (Å²) in [6.45, 7) is 9.75.